The zero-order valence-electron chi connectivity index (χ0n) is 17.3. The first-order chi connectivity index (χ1) is 15.7. The molecule has 0 saturated carbocycles. The second kappa shape index (κ2) is 8.60. The van der Waals surface area contributed by atoms with Crippen LogP contribution in [0.3, 0.4) is 0 Å². The summed E-state index contributed by atoms with van der Waals surface area (Å²) in [5, 5.41) is 22.4. The van der Waals surface area contributed by atoms with E-state index in [0.29, 0.717) is 33.2 Å². The van der Waals surface area contributed by atoms with E-state index in [0.717, 1.165) is 17.3 Å². The zero-order chi connectivity index (χ0) is 23.9. The summed E-state index contributed by atoms with van der Waals surface area (Å²) in [6.07, 6.45) is 1.52. The van der Waals surface area contributed by atoms with Crippen LogP contribution in [-0.4, -0.2) is 20.1 Å². The quantitative estimate of drug-likeness (QED) is 0.194. The molecule has 2 aromatic carbocycles. The van der Waals surface area contributed by atoms with Crippen LogP contribution in [0.2, 0.25) is 0 Å². The second-order valence-corrected chi connectivity index (χ2v) is 8.87. The van der Waals surface area contributed by atoms with Gasteiger partial charge in [-0.05, 0) is 43.7 Å². The van der Waals surface area contributed by atoms with Crippen molar-refractivity contribution in [2.45, 2.75) is 13.8 Å². The molecule has 0 N–H and O–H groups in total. The molecule has 0 spiro atoms. The smallest absolute Gasteiger partial charge is 0.273 e. The lowest BCUT2D eigenvalue weighted by atomic mass is 10.0. The molecule has 166 valence electrons. The monoisotopic (exact) mass is 481 g/mol. The Hall–Kier alpha value is -3.83. The van der Waals surface area contributed by atoms with Gasteiger partial charge in [-0.15, -0.1) is 0 Å². The maximum atomic E-state index is 12.9. The van der Waals surface area contributed by atoms with Gasteiger partial charge in [0.15, 0.2) is 4.32 Å². The highest BCUT2D eigenvalue weighted by molar-refractivity contribution is 8.27. The molecular weight excluding hydrogens is 466 g/mol. The van der Waals surface area contributed by atoms with Gasteiger partial charge in [-0.1, -0.05) is 30.0 Å². The number of amides is 1. The highest BCUT2D eigenvalue weighted by Crippen LogP contribution is 2.38. The van der Waals surface area contributed by atoms with E-state index in [2.05, 4.69) is 0 Å². The summed E-state index contributed by atoms with van der Waals surface area (Å²) in [6.45, 7) is 3.48. The molecule has 0 radical (unpaired) electrons. The van der Waals surface area contributed by atoms with Crippen LogP contribution in [0, 0.1) is 34.1 Å². The van der Waals surface area contributed by atoms with E-state index in [4.69, 9.17) is 16.6 Å². The molecule has 1 aromatic heterocycles. The lowest BCUT2D eigenvalue weighted by Gasteiger charge is -2.13. The predicted octanol–water partition coefficient (Wildman–Crippen LogP) is 5.79. The summed E-state index contributed by atoms with van der Waals surface area (Å²) in [5.74, 6) is 0.359. The summed E-state index contributed by atoms with van der Waals surface area (Å²) in [4.78, 5) is 35.9. The fraction of sp³-hybridized carbons (Fsp3) is 0.0909. The number of nitrogens with zero attached hydrogens (tertiary/aromatic N) is 3. The Balaban J connectivity index is 1.64. The molecule has 4 rings (SSSR count). The van der Waals surface area contributed by atoms with Crippen molar-refractivity contribution in [3.63, 3.8) is 0 Å². The number of thioether (sulfide) groups is 1. The van der Waals surface area contributed by atoms with E-state index in [-0.39, 0.29) is 15.7 Å². The number of nitro benzene ring substituents is 2. The van der Waals surface area contributed by atoms with E-state index in [1.807, 2.05) is 0 Å². The highest BCUT2D eigenvalue weighted by atomic mass is 32.2. The second-order valence-electron chi connectivity index (χ2n) is 7.19. The highest BCUT2D eigenvalue weighted by Gasteiger charge is 2.34. The van der Waals surface area contributed by atoms with E-state index >= 15 is 0 Å². The minimum Gasteiger partial charge on any atom is -0.457 e. The average molecular weight is 482 g/mol. The largest absolute Gasteiger partial charge is 0.457 e. The van der Waals surface area contributed by atoms with Gasteiger partial charge in [-0.25, -0.2) is 0 Å². The van der Waals surface area contributed by atoms with Crippen LogP contribution in [0.4, 0.5) is 17.1 Å². The van der Waals surface area contributed by atoms with Crippen molar-refractivity contribution in [3.8, 4) is 11.3 Å². The van der Waals surface area contributed by atoms with Crippen molar-refractivity contribution in [3.05, 3.63) is 90.6 Å². The van der Waals surface area contributed by atoms with E-state index in [1.165, 1.54) is 35.2 Å². The molecule has 0 aliphatic carbocycles. The minimum absolute atomic E-state index is 0.000718. The van der Waals surface area contributed by atoms with Crippen molar-refractivity contribution < 1.29 is 19.1 Å². The number of hydrogen-bond donors (Lipinski definition) is 0. The molecule has 3 aromatic rings. The Bertz CT molecular complexity index is 1380. The molecule has 33 heavy (non-hydrogen) atoms. The topological polar surface area (TPSA) is 120 Å². The molecule has 9 nitrogen and oxygen atoms in total. The fourth-order valence-electron chi connectivity index (χ4n) is 3.32. The summed E-state index contributed by atoms with van der Waals surface area (Å²) in [5.41, 5.74) is 2.05. The summed E-state index contributed by atoms with van der Waals surface area (Å²) in [6, 6.07) is 12.2. The number of furan rings is 1. The Labute approximate surface area is 197 Å². The van der Waals surface area contributed by atoms with Crippen LogP contribution in [-0.2, 0) is 4.79 Å². The number of nitro groups is 2. The number of thiocarbonyl (C=S) groups is 1. The maximum Gasteiger partial charge on any atom is 0.273 e. The first kappa shape index (κ1) is 22.4. The van der Waals surface area contributed by atoms with E-state index in [1.54, 1.807) is 38.1 Å². The number of benzene rings is 2. The molecule has 0 unspecified atom stereocenters. The van der Waals surface area contributed by atoms with Gasteiger partial charge >= 0.3 is 0 Å². The number of hydrogen-bond acceptors (Lipinski definition) is 8. The van der Waals surface area contributed by atoms with Crippen LogP contribution < -0.4 is 4.90 Å². The molecule has 0 atom stereocenters. The first-order valence-electron chi connectivity index (χ1n) is 9.54. The third kappa shape index (κ3) is 4.28. The Morgan fingerprint density at radius 2 is 1.82 bits per heavy atom. The molecule has 1 saturated heterocycles. The molecule has 1 aliphatic rings. The number of rotatable bonds is 5. The zero-order valence-corrected chi connectivity index (χ0v) is 18.9. The Morgan fingerprint density at radius 3 is 2.52 bits per heavy atom. The Morgan fingerprint density at radius 1 is 1.06 bits per heavy atom. The van der Waals surface area contributed by atoms with Gasteiger partial charge in [0.05, 0.1) is 20.4 Å². The van der Waals surface area contributed by atoms with Crippen molar-refractivity contribution in [2.24, 2.45) is 0 Å². The van der Waals surface area contributed by atoms with Crippen molar-refractivity contribution >= 4 is 57.3 Å². The number of anilines is 1. The molecule has 11 heteroatoms. The summed E-state index contributed by atoms with van der Waals surface area (Å²) >= 11 is 6.36. The van der Waals surface area contributed by atoms with Gasteiger partial charge in [0.1, 0.15) is 11.5 Å². The van der Waals surface area contributed by atoms with E-state index < -0.39 is 15.8 Å². The Kier molecular flexibility index (Phi) is 5.83. The van der Waals surface area contributed by atoms with Crippen LogP contribution in [0.1, 0.15) is 16.9 Å². The normalized spacial score (nSPS) is 14.8. The van der Waals surface area contributed by atoms with Gasteiger partial charge in [0, 0.05) is 35.4 Å². The molecule has 1 aliphatic heterocycles. The summed E-state index contributed by atoms with van der Waals surface area (Å²) in [7, 11) is 0. The molecule has 1 amide bonds. The summed E-state index contributed by atoms with van der Waals surface area (Å²) < 4.78 is 6.06. The van der Waals surface area contributed by atoms with Crippen molar-refractivity contribution in [1.82, 2.24) is 0 Å². The van der Waals surface area contributed by atoms with Crippen LogP contribution >= 0.6 is 24.0 Å². The fourth-order valence-corrected chi connectivity index (χ4v) is 4.60. The molecule has 2 heterocycles. The first-order valence-corrected chi connectivity index (χ1v) is 10.8. The van der Waals surface area contributed by atoms with Crippen molar-refractivity contribution in [2.75, 3.05) is 4.90 Å². The number of carbonyl (C=O) groups excluding carboxylic acids is 1. The predicted molar refractivity (Wildman–Crippen MR) is 129 cm³/mol. The SMILES string of the molecule is Cc1cc(-c2ccc(/C=C3\SC(=S)N(c4cccc([N+](=O)[O-])c4)C3=O)o2)cc([N+](=O)[O-])c1C. The third-order valence-electron chi connectivity index (χ3n) is 5.11. The van der Waals surface area contributed by atoms with Crippen LogP contribution in [0.15, 0.2) is 57.9 Å². The third-order valence-corrected chi connectivity index (χ3v) is 6.42. The minimum atomic E-state index is -0.543. The van der Waals surface area contributed by atoms with E-state index in [9.17, 15) is 25.0 Å². The van der Waals surface area contributed by atoms with Gasteiger partial charge in [-0.3, -0.25) is 29.9 Å². The average Bonchev–Trinajstić information content (AvgIpc) is 3.34. The van der Waals surface area contributed by atoms with Gasteiger partial charge in [0.25, 0.3) is 17.3 Å². The lowest BCUT2D eigenvalue weighted by molar-refractivity contribution is -0.385. The maximum absolute atomic E-state index is 12.9. The van der Waals surface area contributed by atoms with Gasteiger partial charge in [0.2, 0.25) is 0 Å². The molecule has 0 bridgehead atoms. The van der Waals surface area contributed by atoms with Crippen molar-refractivity contribution in [1.29, 1.82) is 0 Å². The number of carbonyl (C=O) groups is 1. The van der Waals surface area contributed by atoms with Gasteiger partial charge in [-0.2, -0.15) is 0 Å². The molecule has 1 fully saturated rings. The van der Waals surface area contributed by atoms with Gasteiger partial charge < -0.3 is 4.42 Å². The number of aryl methyl sites for hydroxylation is 1. The lowest BCUT2D eigenvalue weighted by Crippen LogP contribution is -2.27. The standard InChI is InChI=1S/C22H15N3O6S2/c1-12-8-14(9-18(13(12)2)25(29)30)19-7-6-17(31-19)11-20-21(26)23(22(32)33-20)15-4-3-5-16(10-15)24(27)28/h3-11H,1-2H3/b20-11-. The number of non-ortho nitro benzene ring substituents is 1. The van der Waals surface area contributed by atoms with Crippen LogP contribution in [0.25, 0.3) is 17.4 Å². The van der Waals surface area contributed by atoms with Crippen LogP contribution in [0.5, 0.6) is 0 Å². The molecular formula is C22H15N3O6S2.